The molecule has 0 spiro atoms. The van der Waals surface area contributed by atoms with Crippen LogP contribution in [0.1, 0.15) is 45.3 Å². The molecule has 0 amide bonds. The number of aromatic nitrogens is 2. The molecule has 1 fully saturated rings. The summed E-state index contributed by atoms with van der Waals surface area (Å²) in [5.74, 6) is -0.833. The van der Waals surface area contributed by atoms with Gasteiger partial charge in [0.2, 0.25) is 0 Å². The first-order chi connectivity index (χ1) is 8.99. The third-order valence-corrected chi connectivity index (χ3v) is 4.03. The molecule has 19 heavy (non-hydrogen) atoms. The molecule has 2 atom stereocenters. The number of hydrogen-bond donors (Lipinski definition) is 1. The van der Waals surface area contributed by atoms with Crippen LogP contribution < -0.4 is 0 Å². The van der Waals surface area contributed by atoms with Crippen LogP contribution in [0.3, 0.4) is 0 Å². The van der Waals surface area contributed by atoms with Gasteiger partial charge in [-0.2, -0.15) is 0 Å². The minimum Gasteiger partial charge on any atom is -0.481 e. The molecule has 0 aromatic carbocycles. The molecule has 0 aliphatic carbocycles. The average molecular weight is 265 g/mol. The highest BCUT2D eigenvalue weighted by Gasteiger charge is 2.30. The average Bonchev–Trinajstić information content (AvgIpc) is 2.79. The highest BCUT2D eigenvalue weighted by Crippen LogP contribution is 2.25. The Morgan fingerprint density at radius 3 is 2.89 bits per heavy atom. The fourth-order valence-electron chi connectivity index (χ4n) is 2.81. The molecule has 2 rings (SSSR count). The van der Waals surface area contributed by atoms with Crippen molar-refractivity contribution in [1.82, 2.24) is 14.5 Å². The molecule has 0 saturated carbocycles. The summed E-state index contributed by atoms with van der Waals surface area (Å²) in [7, 11) is 0. The van der Waals surface area contributed by atoms with Gasteiger partial charge in [-0.3, -0.25) is 9.69 Å². The van der Waals surface area contributed by atoms with Crippen LogP contribution in [0.4, 0.5) is 0 Å². The molecule has 106 valence electrons. The molecule has 2 unspecified atom stereocenters. The Balaban J connectivity index is 2.00. The summed E-state index contributed by atoms with van der Waals surface area (Å²) in [6.07, 6.45) is 5.27. The number of rotatable bonds is 4. The Bertz CT molecular complexity index is 442. The summed E-state index contributed by atoms with van der Waals surface area (Å²) in [4.78, 5) is 17.6. The number of aliphatic carboxylic acids is 1. The molecule has 1 N–H and O–H groups in total. The van der Waals surface area contributed by atoms with E-state index in [0.29, 0.717) is 12.1 Å². The number of imidazole rings is 1. The Morgan fingerprint density at radius 2 is 2.32 bits per heavy atom. The van der Waals surface area contributed by atoms with Crippen LogP contribution in [0, 0.1) is 5.92 Å². The van der Waals surface area contributed by atoms with E-state index in [1.165, 1.54) is 5.69 Å². The van der Waals surface area contributed by atoms with Gasteiger partial charge >= 0.3 is 5.97 Å². The molecule has 0 bridgehead atoms. The number of hydrogen-bond acceptors (Lipinski definition) is 3. The monoisotopic (exact) mass is 265 g/mol. The molecular formula is C14H23N3O2. The maximum atomic E-state index is 11.0. The Kier molecular flexibility index (Phi) is 4.24. The van der Waals surface area contributed by atoms with Crippen LogP contribution >= 0.6 is 0 Å². The van der Waals surface area contributed by atoms with E-state index in [0.717, 1.165) is 25.9 Å². The zero-order chi connectivity index (χ0) is 14.0. The van der Waals surface area contributed by atoms with Gasteiger partial charge in [-0.05, 0) is 40.2 Å². The summed E-state index contributed by atoms with van der Waals surface area (Å²) in [5, 5.41) is 9.08. The fourth-order valence-corrected chi connectivity index (χ4v) is 2.81. The Labute approximate surface area is 114 Å². The van der Waals surface area contributed by atoms with Crippen LogP contribution in [0.25, 0.3) is 0 Å². The minimum atomic E-state index is -0.654. The lowest BCUT2D eigenvalue weighted by Crippen LogP contribution is -2.42. The maximum Gasteiger partial charge on any atom is 0.306 e. The fraction of sp³-hybridized carbons (Fsp3) is 0.714. The molecule has 1 aliphatic heterocycles. The van der Waals surface area contributed by atoms with Crippen molar-refractivity contribution in [3.05, 3.63) is 18.2 Å². The second kappa shape index (κ2) is 5.74. The zero-order valence-electron chi connectivity index (χ0n) is 11.9. The van der Waals surface area contributed by atoms with E-state index in [1.807, 2.05) is 12.5 Å². The number of carboxylic acid groups (broad SMARTS) is 1. The molecule has 5 nitrogen and oxygen atoms in total. The number of nitrogens with zero attached hydrogens (tertiary/aromatic N) is 3. The van der Waals surface area contributed by atoms with Gasteiger partial charge in [0.15, 0.2) is 0 Å². The lowest BCUT2D eigenvalue weighted by molar-refractivity contribution is -0.144. The van der Waals surface area contributed by atoms with Crippen molar-refractivity contribution >= 4 is 5.97 Å². The van der Waals surface area contributed by atoms with Gasteiger partial charge in [0, 0.05) is 24.8 Å². The zero-order valence-corrected chi connectivity index (χ0v) is 11.9. The normalized spacial score (nSPS) is 24.8. The summed E-state index contributed by atoms with van der Waals surface area (Å²) >= 11 is 0. The Hall–Kier alpha value is -1.36. The highest BCUT2D eigenvalue weighted by atomic mass is 16.4. The minimum absolute atomic E-state index is 0.179. The first-order valence-corrected chi connectivity index (χ1v) is 6.96. The number of carbonyl (C=O) groups is 1. The molecule has 5 heteroatoms. The van der Waals surface area contributed by atoms with E-state index in [-0.39, 0.29) is 5.92 Å². The van der Waals surface area contributed by atoms with E-state index < -0.39 is 5.97 Å². The molecule has 1 saturated heterocycles. The molecule has 1 aliphatic rings. The first-order valence-electron chi connectivity index (χ1n) is 6.96. The summed E-state index contributed by atoms with van der Waals surface area (Å²) in [5.41, 5.74) is 1.20. The van der Waals surface area contributed by atoms with Gasteiger partial charge in [-0.25, -0.2) is 4.98 Å². The van der Waals surface area contributed by atoms with Gasteiger partial charge in [0.1, 0.15) is 0 Å². The van der Waals surface area contributed by atoms with Gasteiger partial charge < -0.3 is 9.67 Å². The van der Waals surface area contributed by atoms with Crippen LogP contribution in [-0.2, 0) is 11.3 Å². The molecule has 0 radical (unpaired) electrons. The van der Waals surface area contributed by atoms with Crippen LogP contribution in [0.2, 0.25) is 0 Å². The lowest BCUT2D eigenvalue weighted by Gasteiger charge is -2.36. The third-order valence-electron chi connectivity index (χ3n) is 4.03. The Morgan fingerprint density at radius 1 is 1.58 bits per heavy atom. The molecule has 1 aromatic heterocycles. The van der Waals surface area contributed by atoms with Crippen LogP contribution in [0.15, 0.2) is 12.5 Å². The maximum absolute atomic E-state index is 11.0. The van der Waals surface area contributed by atoms with E-state index in [4.69, 9.17) is 5.11 Å². The summed E-state index contributed by atoms with van der Waals surface area (Å²) in [6.45, 7) is 8.11. The molecular weight excluding hydrogens is 242 g/mol. The van der Waals surface area contributed by atoms with Crippen molar-refractivity contribution in [3.63, 3.8) is 0 Å². The van der Waals surface area contributed by atoms with Crippen molar-refractivity contribution in [3.8, 4) is 0 Å². The molecule has 2 heterocycles. The number of likely N-dealkylation sites (tertiary alicyclic amines) is 1. The number of carboxylic acids is 1. The quantitative estimate of drug-likeness (QED) is 0.906. The van der Waals surface area contributed by atoms with E-state index >= 15 is 0 Å². The smallest absolute Gasteiger partial charge is 0.306 e. The molecule has 1 aromatic rings. The predicted octanol–water partition coefficient (Wildman–Crippen LogP) is 2.15. The van der Waals surface area contributed by atoms with E-state index in [9.17, 15) is 4.79 Å². The summed E-state index contributed by atoms with van der Waals surface area (Å²) in [6, 6.07) is 0.717. The van der Waals surface area contributed by atoms with Crippen molar-refractivity contribution in [1.29, 1.82) is 0 Å². The van der Waals surface area contributed by atoms with Crippen molar-refractivity contribution in [2.24, 2.45) is 5.92 Å². The van der Waals surface area contributed by atoms with Crippen LogP contribution in [-0.4, -0.2) is 38.1 Å². The largest absolute Gasteiger partial charge is 0.481 e. The van der Waals surface area contributed by atoms with Gasteiger partial charge in [0.25, 0.3) is 0 Å². The third kappa shape index (κ3) is 3.15. The number of piperidine rings is 1. The second-order valence-corrected chi connectivity index (χ2v) is 5.77. The van der Waals surface area contributed by atoms with Crippen LogP contribution in [0.5, 0.6) is 0 Å². The second-order valence-electron chi connectivity index (χ2n) is 5.77. The standard InChI is InChI=1S/C14H23N3O2/c1-10(2)17-9-15-7-13(17)8-16-5-4-12(14(18)19)6-11(16)3/h7,9-12H,4-6,8H2,1-3H3,(H,18,19). The van der Waals surface area contributed by atoms with E-state index in [2.05, 4.69) is 35.2 Å². The highest BCUT2D eigenvalue weighted by molar-refractivity contribution is 5.70. The van der Waals surface area contributed by atoms with Gasteiger partial charge in [-0.15, -0.1) is 0 Å². The van der Waals surface area contributed by atoms with Gasteiger partial charge in [-0.1, -0.05) is 0 Å². The SMILES string of the molecule is CC1CC(C(=O)O)CCN1Cc1cncn1C(C)C. The van der Waals surface area contributed by atoms with Crippen molar-refractivity contribution in [2.45, 2.75) is 52.2 Å². The van der Waals surface area contributed by atoms with E-state index in [1.54, 1.807) is 0 Å². The van der Waals surface area contributed by atoms with Crippen molar-refractivity contribution in [2.75, 3.05) is 6.54 Å². The van der Waals surface area contributed by atoms with Crippen molar-refractivity contribution < 1.29 is 9.90 Å². The predicted molar refractivity (Wildman–Crippen MR) is 72.8 cm³/mol. The topological polar surface area (TPSA) is 58.4 Å². The summed E-state index contributed by atoms with van der Waals surface area (Å²) < 4.78 is 2.18. The first kappa shape index (κ1) is 14.1. The van der Waals surface area contributed by atoms with Gasteiger partial charge in [0.05, 0.1) is 17.9 Å². The lowest BCUT2D eigenvalue weighted by atomic mass is 9.91.